The second kappa shape index (κ2) is 9.52. The quantitative estimate of drug-likeness (QED) is 0.487. The molecule has 1 aromatic carbocycles. The van der Waals surface area contributed by atoms with Crippen LogP contribution in [0.2, 0.25) is 0 Å². The molecule has 1 aliphatic carbocycles. The average molecular weight is 417 g/mol. The predicted molar refractivity (Wildman–Crippen MR) is 121 cm³/mol. The molecule has 0 radical (unpaired) electrons. The zero-order chi connectivity index (χ0) is 20.1. The fourth-order valence-electron chi connectivity index (χ4n) is 3.65. The molecular weight excluding hydrogens is 388 g/mol. The number of hydrogen-bond donors (Lipinski definition) is 2. The van der Waals surface area contributed by atoms with E-state index in [0.29, 0.717) is 10.7 Å². The van der Waals surface area contributed by atoms with E-state index in [0.717, 1.165) is 42.7 Å². The average Bonchev–Trinajstić information content (AvgIpc) is 3.05. The standard InChI is InChI=1S/C22H28N2O2S2/c1-4-7-15-10-12-16(13-11-15)14(2)23-22(27)24-20-19(21(25)26-3)17-8-5-6-9-18(17)28-20/h10-14H,4-9H2,1-3H3,(H2,23,24,27). The number of anilines is 1. The Morgan fingerprint density at radius 2 is 1.96 bits per heavy atom. The van der Waals surface area contributed by atoms with Crippen molar-refractivity contribution in [3.63, 3.8) is 0 Å². The molecule has 0 spiro atoms. The lowest BCUT2D eigenvalue weighted by molar-refractivity contribution is 0.0601. The number of ether oxygens (including phenoxy) is 1. The van der Waals surface area contributed by atoms with Crippen molar-refractivity contribution in [3.8, 4) is 0 Å². The van der Waals surface area contributed by atoms with Crippen LogP contribution in [0.1, 0.15) is 71.1 Å². The molecule has 1 unspecified atom stereocenters. The SMILES string of the molecule is CCCc1ccc(C(C)NC(=S)Nc2sc3c(c2C(=O)OC)CCCC3)cc1. The van der Waals surface area contributed by atoms with Crippen molar-refractivity contribution in [1.29, 1.82) is 0 Å². The van der Waals surface area contributed by atoms with Gasteiger partial charge >= 0.3 is 5.97 Å². The smallest absolute Gasteiger partial charge is 0.341 e. The zero-order valence-corrected chi connectivity index (χ0v) is 18.4. The molecule has 2 N–H and O–H groups in total. The first-order valence-electron chi connectivity index (χ1n) is 9.92. The van der Waals surface area contributed by atoms with E-state index in [1.807, 2.05) is 0 Å². The van der Waals surface area contributed by atoms with Gasteiger partial charge in [0.15, 0.2) is 5.11 Å². The molecule has 2 aromatic rings. The van der Waals surface area contributed by atoms with Crippen molar-refractivity contribution in [2.75, 3.05) is 12.4 Å². The number of hydrogen-bond acceptors (Lipinski definition) is 4. The number of nitrogens with one attached hydrogen (secondary N) is 2. The Bertz CT molecular complexity index is 843. The first kappa shape index (κ1) is 20.8. The van der Waals surface area contributed by atoms with Crippen molar-refractivity contribution < 1.29 is 9.53 Å². The van der Waals surface area contributed by atoms with Gasteiger partial charge in [-0.3, -0.25) is 0 Å². The van der Waals surface area contributed by atoms with Gasteiger partial charge in [-0.15, -0.1) is 11.3 Å². The Hall–Kier alpha value is -1.92. The second-order valence-corrected chi connectivity index (χ2v) is 8.73. The molecule has 1 heterocycles. The highest BCUT2D eigenvalue weighted by Gasteiger charge is 2.26. The molecule has 4 nitrogen and oxygen atoms in total. The Kier molecular flexibility index (Phi) is 7.08. The second-order valence-electron chi connectivity index (χ2n) is 7.22. The van der Waals surface area contributed by atoms with Crippen molar-refractivity contribution in [1.82, 2.24) is 5.32 Å². The highest BCUT2D eigenvalue weighted by molar-refractivity contribution is 7.80. The summed E-state index contributed by atoms with van der Waals surface area (Å²) in [5.74, 6) is -0.288. The summed E-state index contributed by atoms with van der Waals surface area (Å²) in [7, 11) is 1.43. The molecule has 1 aromatic heterocycles. The number of thiocarbonyl (C=S) groups is 1. The lowest BCUT2D eigenvalue weighted by atomic mass is 9.95. The van der Waals surface area contributed by atoms with Gasteiger partial charge in [-0.2, -0.15) is 0 Å². The van der Waals surface area contributed by atoms with Crippen LogP contribution in [0.5, 0.6) is 0 Å². The summed E-state index contributed by atoms with van der Waals surface area (Å²) in [6.45, 7) is 4.27. The molecule has 3 rings (SSSR count). The minimum Gasteiger partial charge on any atom is -0.465 e. The lowest BCUT2D eigenvalue weighted by Gasteiger charge is -2.18. The number of aryl methyl sites for hydroxylation is 2. The van der Waals surface area contributed by atoms with Crippen LogP contribution in [0.4, 0.5) is 5.00 Å². The Morgan fingerprint density at radius 1 is 1.25 bits per heavy atom. The van der Waals surface area contributed by atoms with Crippen LogP contribution in [0, 0.1) is 0 Å². The van der Waals surface area contributed by atoms with Crippen LogP contribution < -0.4 is 10.6 Å². The normalized spacial score (nSPS) is 14.1. The number of methoxy groups -OCH3 is 1. The molecule has 1 aliphatic rings. The molecule has 0 bridgehead atoms. The summed E-state index contributed by atoms with van der Waals surface area (Å²) in [5.41, 5.74) is 4.32. The monoisotopic (exact) mass is 416 g/mol. The van der Waals surface area contributed by atoms with Gasteiger partial charge in [0.25, 0.3) is 0 Å². The minimum atomic E-state index is -0.288. The molecule has 28 heavy (non-hydrogen) atoms. The maximum absolute atomic E-state index is 12.4. The van der Waals surface area contributed by atoms with E-state index < -0.39 is 0 Å². The van der Waals surface area contributed by atoms with Gasteiger partial charge in [-0.1, -0.05) is 37.6 Å². The van der Waals surface area contributed by atoms with E-state index in [4.69, 9.17) is 17.0 Å². The van der Waals surface area contributed by atoms with Crippen molar-refractivity contribution >= 4 is 39.6 Å². The summed E-state index contributed by atoms with van der Waals surface area (Å²) in [4.78, 5) is 13.6. The van der Waals surface area contributed by atoms with Crippen LogP contribution in [-0.4, -0.2) is 18.2 Å². The zero-order valence-electron chi connectivity index (χ0n) is 16.8. The molecule has 150 valence electrons. The third kappa shape index (κ3) is 4.73. The van der Waals surface area contributed by atoms with Gasteiger partial charge in [0.2, 0.25) is 0 Å². The number of rotatable bonds is 6. The molecule has 0 fully saturated rings. The van der Waals surface area contributed by atoms with Crippen LogP contribution >= 0.6 is 23.6 Å². The number of esters is 1. The van der Waals surface area contributed by atoms with E-state index in [2.05, 4.69) is 48.7 Å². The van der Waals surface area contributed by atoms with Gasteiger partial charge < -0.3 is 15.4 Å². The topological polar surface area (TPSA) is 50.4 Å². The highest BCUT2D eigenvalue weighted by Crippen LogP contribution is 2.38. The summed E-state index contributed by atoms with van der Waals surface area (Å²) in [6.07, 6.45) is 6.48. The Balaban J connectivity index is 1.70. The van der Waals surface area contributed by atoms with Gasteiger partial charge in [-0.05, 0) is 67.9 Å². The number of benzene rings is 1. The van der Waals surface area contributed by atoms with E-state index >= 15 is 0 Å². The number of thiophene rings is 1. The van der Waals surface area contributed by atoms with Crippen molar-refractivity contribution in [2.24, 2.45) is 0 Å². The molecule has 0 saturated heterocycles. The fourth-order valence-corrected chi connectivity index (χ4v) is 5.28. The van der Waals surface area contributed by atoms with E-state index in [9.17, 15) is 4.79 Å². The van der Waals surface area contributed by atoms with Crippen LogP contribution in [0.3, 0.4) is 0 Å². The number of carbonyl (C=O) groups excluding carboxylic acids is 1. The fraction of sp³-hybridized carbons (Fsp3) is 0.455. The maximum Gasteiger partial charge on any atom is 0.341 e. The number of fused-ring (bicyclic) bond motifs is 1. The maximum atomic E-state index is 12.4. The summed E-state index contributed by atoms with van der Waals surface area (Å²) in [5, 5.41) is 7.90. The molecular formula is C22H28N2O2S2. The largest absolute Gasteiger partial charge is 0.465 e. The molecule has 1 atom stereocenters. The molecule has 6 heteroatoms. The summed E-state index contributed by atoms with van der Waals surface area (Å²) < 4.78 is 5.03. The van der Waals surface area contributed by atoms with E-state index in [1.165, 1.54) is 29.5 Å². The first-order valence-corrected chi connectivity index (χ1v) is 11.1. The summed E-state index contributed by atoms with van der Waals surface area (Å²) in [6, 6.07) is 8.72. The molecule has 0 amide bonds. The number of carbonyl (C=O) groups is 1. The Morgan fingerprint density at radius 3 is 2.64 bits per heavy atom. The third-order valence-electron chi connectivity index (χ3n) is 5.15. The third-order valence-corrected chi connectivity index (χ3v) is 6.58. The summed E-state index contributed by atoms with van der Waals surface area (Å²) >= 11 is 7.16. The van der Waals surface area contributed by atoms with Gasteiger partial charge in [0.05, 0.1) is 18.7 Å². The van der Waals surface area contributed by atoms with Crippen LogP contribution in [0.25, 0.3) is 0 Å². The molecule has 0 saturated carbocycles. The lowest BCUT2D eigenvalue weighted by Crippen LogP contribution is -2.31. The Labute approximate surface area is 176 Å². The van der Waals surface area contributed by atoms with Crippen molar-refractivity contribution in [2.45, 2.75) is 58.4 Å². The van der Waals surface area contributed by atoms with E-state index in [1.54, 1.807) is 11.3 Å². The minimum absolute atomic E-state index is 0.0758. The van der Waals surface area contributed by atoms with Gasteiger partial charge in [0, 0.05) is 4.88 Å². The van der Waals surface area contributed by atoms with Gasteiger partial charge in [0.1, 0.15) is 5.00 Å². The van der Waals surface area contributed by atoms with Crippen LogP contribution in [0.15, 0.2) is 24.3 Å². The van der Waals surface area contributed by atoms with Gasteiger partial charge in [-0.25, -0.2) is 4.79 Å². The molecule has 0 aliphatic heterocycles. The highest BCUT2D eigenvalue weighted by atomic mass is 32.1. The first-order chi connectivity index (χ1) is 13.5. The van der Waals surface area contributed by atoms with Crippen LogP contribution in [-0.2, 0) is 24.0 Å². The van der Waals surface area contributed by atoms with E-state index in [-0.39, 0.29) is 12.0 Å². The predicted octanol–water partition coefficient (Wildman–Crippen LogP) is 5.41. The van der Waals surface area contributed by atoms with Crippen molar-refractivity contribution in [3.05, 3.63) is 51.4 Å².